The van der Waals surface area contributed by atoms with E-state index in [0.717, 1.165) is 18.6 Å². The smallest absolute Gasteiger partial charge is 0.328 e. The zero-order valence-electron chi connectivity index (χ0n) is 12.9. The molecule has 1 rings (SSSR count). The van der Waals surface area contributed by atoms with Crippen molar-refractivity contribution in [2.45, 2.75) is 44.9 Å². The van der Waals surface area contributed by atoms with Crippen molar-refractivity contribution in [1.82, 2.24) is 0 Å². The first kappa shape index (κ1) is 17.4. The standard InChI is InChI=1S/C18H26O3/c1-21-15-7-5-3-2-4-6-8-16-9-11-17(12-10-16)13-14-18(19)20/h9-14H,2-8,15H2,1H3,(H,19,20). The molecule has 1 N–H and O–H groups in total. The SMILES string of the molecule is COCCCCCCCCc1ccc(C=CC(=O)O)cc1. The second-order valence-corrected chi connectivity index (χ2v) is 5.28. The third-order valence-corrected chi connectivity index (χ3v) is 3.46. The van der Waals surface area contributed by atoms with E-state index < -0.39 is 5.97 Å². The summed E-state index contributed by atoms with van der Waals surface area (Å²) in [7, 11) is 1.75. The predicted molar refractivity (Wildman–Crippen MR) is 86.4 cm³/mol. The van der Waals surface area contributed by atoms with Gasteiger partial charge in [-0.1, -0.05) is 49.9 Å². The van der Waals surface area contributed by atoms with Gasteiger partial charge in [0.2, 0.25) is 0 Å². The number of aliphatic carboxylic acids is 1. The molecule has 0 saturated carbocycles. The van der Waals surface area contributed by atoms with Gasteiger partial charge in [0.05, 0.1) is 0 Å². The first-order valence-electron chi connectivity index (χ1n) is 7.71. The first-order chi connectivity index (χ1) is 10.2. The van der Waals surface area contributed by atoms with Crippen LogP contribution in [0.25, 0.3) is 6.08 Å². The Hall–Kier alpha value is -1.61. The van der Waals surface area contributed by atoms with Gasteiger partial charge in [-0.05, 0) is 36.5 Å². The van der Waals surface area contributed by atoms with Crippen LogP contribution in [0.4, 0.5) is 0 Å². The molecule has 0 heterocycles. The van der Waals surface area contributed by atoms with Gasteiger partial charge in [-0.2, -0.15) is 0 Å². The van der Waals surface area contributed by atoms with E-state index in [9.17, 15) is 4.79 Å². The van der Waals surface area contributed by atoms with Gasteiger partial charge in [0, 0.05) is 19.8 Å². The number of hydrogen-bond acceptors (Lipinski definition) is 2. The van der Waals surface area contributed by atoms with Crippen LogP contribution in [-0.4, -0.2) is 24.8 Å². The van der Waals surface area contributed by atoms with Crippen LogP contribution in [0, 0.1) is 0 Å². The number of rotatable bonds is 11. The minimum atomic E-state index is -0.912. The number of carbonyl (C=O) groups is 1. The van der Waals surface area contributed by atoms with Crippen LogP contribution in [0.1, 0.15) is 49.7 Å². The molecule has 3 heteroatoms. The number of methoxy groups -OCH3 is 1. The van der Waals surface area contributed by atoms with E-state index >= 15 is 0 Å². The van der Waals surface area contributed by atoms with E-state index in [0.29, 0.717) is 0 Å². The van der Waals surface area contributed by atoms with Crippen LogP contribution < -0.4 is 0 Å². The van der Waals surface area contributed by atoms with Crippen molar-refractivity contribution in [2.75, 3.05) is 13.7 Å². The molecule has 0 spiro atoms. The monoisotopic (exact) mass is 290 g/mol. The maximum Gasteiger partial charge on any atom is 0.328 e. The van der Waals surface area contributed by atoms with Gasteiger partial charge in [0.25, 0.3) is 0 Å². The van der Waals surface area contributed by atoms with Crippen molar-refractivity contribution >= 4 is 12.0 Å². The number of benzene rings is 1. The maximum absolute atomic E-state index is 10.4. The largest absolute Gasteiger partial charge is 0.478 e. The van der Waals surface area contributed by atoms with Crippen molar-refractivity contribution in [2.24, 2.45) is 0 Å². The molecule has 21 heavy (non-hydrogen) atoms. The van der Waals surface area contributed by atoms with E-state index in [2.05, 4.69) is 12.1 Å². The van der Waals surface area contributed by atoms with Gasteiger partial charge in [-0.25, -0.2) is 4.79 Å². The summed E-state index contributed by atoms with van der Waals surface area (Å²) < 4.78 is 5.03. The Morgan fingerprint density at radius 3 is 2.29 bits per heavy atom. The Balaban J connectivity index is 2.14. The van der Waals surface area contributed by atoms with Gasteiger partial charge in [-0.15, -0.1) is 0 Å². The molecule has 0 unspecified atom stereocenters. The second kappa shape index (κ2) is 11.1. The van der Waals surface area contributed by atoms with E-state index in [1.165, 1.54) is 50.2 Å². The lowest BCUT2D eigenvalue weighted by Gasteiger charge is -2.03. The molecule has 0 atom stereocenters. The first-order valence-corrected chi connectivity index (χ1v) is 7.71. The lowest BCUT2D eigenvalue weighted by Crippen LogP contribution is -1.89. The molecule has 0 aliphatic rings. The zero-order chi connectivity index (χ0) is 15.3. The quantitative estimate of drug-likeness (QED) is 0.488. The fourth-order valence-electron chi connectivity index (χ4n) is 2.25. The molecule has 0 saturated heterocycles. The molecule has 3 nitrogen and oxygen atoms in total. The van der Waals surface area contributed by atoms with Gasteiger partial charge < -0.3 is 9.84 Å². The van der Waals surface area contributed by atoms with E-state index in [-0.39, 0.29) is 0 Å². The molecule has 0 amide bonds. The van der Waals surface area contributed by atoms with E-state index in [1.807, 2.05) is 12.1 Å². The highest BCUT2D eigenvalue weighted by atomic mass is 16.5. The fraction of sp³-hybridized carbons (Fsp3) is 0.500. The van der Waals surface area contributed by atoms with Crippen molar-refractivity contribution in [3.8, 4) is 0 Å². The molecular formula is C18H26O3. The zero-order valence-corrected chi connectivity index (χ0v) is 12.9. The summed E-state index contributed by atoms with van der Waals surface area (Å²) in [5.41, 5.74) is 2.25. The summed E-state index contributed by atoms with van der Waals surface area (Å²) in [6.45, 7) is 0.878. The van der Waals surface area contributed by atoms with E-state index in [4.69, 9.17) is 9.84 Å². The summed E-state index contributed by atoms with van der Waals surface area (Å²) in [6.07, 6.45) is 11.4. The average Bonchev–Trinajstić information content (AvgIpc) is 2.49. The highest BCUT2D eigenvalue weighted by Crippen LogP contribution is 2.12. The van der Waals surface area contributed by atoms with Crippen LogP contribution in [0.15, 0.2) is 30.3 Å². The van der Waals surface area contributed by atoms with Crippen LogP contribution in [0.2, 0.25) is 0 Å². The van der Waals surface area contributed by atoms with Crippen molar-refractivity contribution in [1.29, 1.82) is 0 Å². The summed E-state index contributed by atoms with van der Waals surface area (Å²) >= 11 is 0. The molecule has 0 fully saturated rings. The third-order valence-electron chi connectivity index (χ3n) is 3.46. The van der Waals surface area contributed by atoms with Crippen LogP contribution >= 0.6 is 0 Å². The predicted octanol–water partition coefficient (Wildman–Crippen LogP) is 4.31. The fourth-order valence-corrected chi connectivity index (χ4v) is 2.25. The molecule has 0 bridgehead atoms. The molecule has 0 radical (unpaired) electrons. The topological polar surface area (TPSA) is 46.5 Å². The second-order valence-electron chi connectivity index (χ2n) is 5.28. The van der Waals surface area contributed by atoms with E-state index in [1.54, 1.807) is 13.2 Å². The van der Waals surface area contributed by atoms with Gasteiger partial charge in [0.15, 0.2) is 0 Å². The van der Waals surface area contributed by atoms with Crippen LogP contribution in [0.3, 0.4) is 0 Å². The lowest BCUT2D eigenvalue weighted by atomic mass is 10.0. The van der Waals surface area contributed by atoms with Crippen molar-refractivity contribution < 1.29 is 14.6 Å². The third kappa shape index (κ3) is 9.03. The average molecular weight is 290 g/mol. The van der Waals surface area contributed by atoms with Crippen molar-refractivity contribution in [3.05, 3.63) is 41.5 Å². The molecule has 116 valence electrons. The van der Waals surface area contributed by atoms with Crippen LogP contribution in [-0.2, 0) is 16.0 Å². The molecule has 0 aliphatic carbocycles. The molecular weight excluding hydrogens is 264 g/mol. The highest BCUT2D eigenvalue weighted by Gasteiger charge is 1.96. The Labute approximate surface area is 127 Å². The number of ether oxygens (including phenoxy) is 1. The molecule has 1 aromatic rings. The number of hydrogen-bond donors (Lipinski definition) is 1. The summed E-state index contributed by atoms with van der Waals surface area (Å²) in [6, 6.07) is 8.11. The van der Waals surface area contributed by atoms with Crippen LogP contribution in [0.5, 0.6) is 0 Å². The number of aryl methyl sites for hydroxylation is 1. The maximum atomic E-state index is 10.4. The highest BCUT2D eigenvalue weighted by molar-refractivity contribution is 5.85. The number of carboxylic acids is 1. The summed E-state index contributed by atoms with van der Waals surface area (Å²) in [4.78, 5) is 10.4. The minimum absolute atomic E-state index is 0.878. The van der Waals surface area contributed by atoms with Gasteiger partial charge >= 0.3 is 5.97 Å². The Morgan fingerprint density at radius 1 is 1.05 bits per heavy atom. The minimum Gasteiger partial charge on any atom is -0.478 e. The summed E-state index contributed by atoms with van der Waals surface area (Å²) in [5.74, 6) is -0.912. The molecule has 0 aromatic heterocycles. The van der Waals surface area contributed by atoms with Gasteiger partial charge in [0.1, 0.15) is 0 Å². The Morgan fingerprint density at radius 2 is 1.67 bits per heavy atom. The summed E-state index contributed by atoms with van der Waals surface area (Å²) in [5, 5.41) is 8.57. The normalized spacial score (nSPS) is 11.1. The number of unbranched alkanes of at least 4 members (excludes halogenated alkanes) is 5. The van der Waals surface area contributed by atoms with Crippen molar-refractivity contribution in [3.63, 3.8) is 0 Å². The lowest BCUT2D eigenvalue weighted by molar-refractivity contribution is -0.131. The molecule has 0 aliphatic heterocycles. The number of carboxylic acid groups (broad SMARTS) is 1. The van der Waals surface area contributed by atoms with Gasteiger partial charge in [-0.3, -0.25) is 0 Å². The molecule has 1 aromatic carbocycles. The Bertz CT molecular complexity index is 421. The Kier molecular flexibility index (Phi) is 9.21.